The normalized spacial score (nSPS) is 25.3. The highest BCUT2D eigenvalue weighted by atomic mass is 35.5. The molecule has 0 bridgehead atoms. The molecule has 0 radical (unpaired) electrons. The Morgan fingerprint density at radius 2 is 2.17 bits per heavy atom. The van der Waals surface area contributed by atoms with E-state index in [2.05, 4.69) is 19.2 Å². The highest BCUT2D eigenvalue weighted by Crippen LogP contribution is 2.33. The summed E-state index contributed by atoms with van der Waals surface area (Å²) in [6.07, 6.45) is 1.33. The van der Waals surface area contributed by atoms with Gasteiger partial charge in [-0.2, -0.15) is 0 Å². The zero-order valence-corrected chi connectivity index (χ0v) is 12.3. The molecule has 3 atom stereocenters. The van der Waals surface area contributed by atoms with Crippen molar-refractivity contribution in [1.29, 1.82) is 0 Å². The van der Waals surface area contributed by atoms with Crippen LogP contribution in [0.3, 0.4) is 0 Å². The Balaban J connectivity index is 2.25. The maximum absolute atomic E-state index is 6.10. The van der Waals surface area contributed by atoms with Gasteiger partial charge in [0.05, 0.1) is 22.2 Å². The van der Waals surface area contributed by atoms with Crippen LogP contribution in [-0.4, -0.2) is 19.3 Å². The summed E-state index contributed by atoms with van der Waals surface area (Å²) in [7, 11) is 0. The molecule has 1 saturated heterocycles. The lowest BCUT2D eigenvalue weighted by Gasteiger charge is -2.27. The van der Waals surface area contributed by atoms with Crippen molar-refractivity contribution in [2.45, 2.75) is 32.4 Å². The number of hydrogen-bond acceptors (Lipinski definition) is 2. The van der Waals surface area contributed by atoms with Crippen molar-refractivity contribution in [3.8, 4) is 0 Å². The maximum atomic E-state index is 6.10. The van der Waals surface area contributed by atoms with E-state index < -0.39 is 0 Å². The molecule has 0 aliphatic carbocycles. The molecule has 1 aromatic carbocycles. The number of likely N-dealkylation sites (N-methyl/N-ethyl adjacent to an activating group) is 1. The van der Waals surface area contributed by atoms with Crippen LogP contribution in [0, 0.1) is 5.92 Å². The van der Waals surface area contributed by atoms with Crippen molar-refractivity contribution < 1.29 is 4.74 Å². The molecule has 1 aromatic rings. The Kier molecular flexibility index (Phi) is 4.91. The summed E-state index contributed by atoms with van der Waals surface area (Å²) >= 11 is 12.1. The summed E-state index contributed by atoms with van der Waals surface area (Å²) in [6.45, 7) is 6.08. The first-order chi connectivity index (χ1) is 8.63. The minimum absolute atomic E-state index is 0.183. The van der Waals surface area contributed by atoms with Gasteiger partial charge in [-0.05, 0) is 36.6 Å². The van der Waals surface area contributed by atoms with Crippen molar-refractivity contribution >= 4 is 23.2 Å². The molecule has 0 spiro atoms. The smallest absolute Gasteiger partial charge is 0.0795 e. The minimum atomic E-state index is 0.183. The Bertz CT molecular complexity index is 411. The fraction of sp³-hybridized carbons (Fsp3) is 0.571. The lowest BCUT2D eigenvalue weighted by molar-refractivity contribution is 0.0612. The van der Waals surface area contributed by atoms with E-state index in [9.17, 15) is 0 Å². The molecule has 1 heterocycles. The van der Waals surface area contributed by atoms with Crippen molar-refractivity contribution in [2.75, 3.05) is 13.2 Å². The Morgan fingerprint density at radius 3 is 2.72 bits per heavy atom. The van der Waals surface area contributed by atoms with E-state index in [1.165, 1.54) is 0 Å². The number of benzene rings is 1. The van der Waals surface area contributed by atoms with E-state index in [1.54, 1.807) is 0 Å². The van der Waals surface area contributed by atoms with Gasteiger partial charge in [-0.3, -0.25) is 0 Å². The molecule has 2 nitrogen and oxygen atoms in total. The zero-order chi connectivity index (χ0) is 13.1. The van der Waals surface area contributed by atoms with Crippen LogP contribution in [-0.2, 0) is 4.74 Å². The molecular weight excluding hydrogens is 269 g/mol. The van der Waals surface area contributed by atoms with Crippen LogP contribution in [0.25, 0.3) is 0 Å². The molecule has 100 valence electrons. The van der Waals surface area contributed by atoms with Gasteiger partial charge in [-0.15, -0.1) is 0 Å². The summed E-state index contributed by atoms with van der Waals surface area (Å²) in [5, 5.41) is 4.68. The summed E-state index contributed by atoms with van der Waals surface area (Å²) in [4.78, 5) is 0. The van der Waals surface area contributed by atoms with Gasteiger partial charge < -0.3 is 10.1 Å². The summed E-state index contributed by atoms with van der Waals surface area (Å²) in [5.41, 5.74) is 1.14. The molecule has 3 unspecified atom stereocenters. The molecular formula is C14H19Cl2NO. The third-order valence-electron chi connectivity index (χ3n) is 3.50. The molecule has 0 amide bonds. The van der Waals surface area contributed by atoms with Gasteiger partial charge in [0.2, 0.25) is 0 Å². The van der Waals surface area contributed by atoms with Crippen molar-refractivity contribution in [2.24, 2.45) is 5.92 Å². The summed E-state index contributed by atoms with van der Waals surface area (Å²) in [5.74, 6) is 0.559. The first kappa shape index (κ1) is 14.1. The van der Waals surface area contributed by atoms with Crippen LogP contribution in [0.2, 0.25) is 10.0 Å². The number of nitrogens with one attached hydrogen (secondary N) is 1. The SMILES string of the molecule is CCNC(c1ccc(Cl)c(Cl)c1)C1OCCC1C. The number of hydrogen-bond donors (Lipinski definition) is 1. The molecule has 4 heteroatoms. The van der Waals surface area contributed by atoms with E-state index in [0.717, 1.165) is 25.1 Å². The van der Waals surface area contributed by atoms with E-state index in [4.69, 9.17) is 27.9 Å². The first-order valence-corrected chi connectivity index (χ1v) is 7.19. The van der Waals surface area contributed by atoms with Gasteiger partial charge in [0.25, 0.3) is 0 Å². The second-order valence-corrected chi connectivity index (χ2v) is 5.62. The van der Waals surface area contributed by atoms with Crippen LogP contribution in [0.1, 0.15) is 31.9 Å². The molecule has 2 rings (SSSR count). The Labute approximate surface area is 119 Å². The topological polar surface area (TPSA) is 21.3 Å². The van der Waals surface area contributed by atoms with Gasteiger partial charge in [-0.1, -0.05) is 43.1 Å². The average molecular weight is 288 g/mol. The zero-order valence-electron chi connectivity index (χ0n) is 10.7. The lowest BCUT2D eigenvalue weighted by Crippen LogP contribution is -2.34. The van der Waals surface area contributed by atoms with Gasteiger partial charge in [0.1, 0.15) is 0 Å². The quantitative estimate of drug-likeness (QED) is 0.901. The Morgan fingerprint density at radius 1 is 1.39 bits per heavy atom. The molecule has 0 saturated carbocycles. The van der Waals surface area contributed by atoms with Crippen LogP contribution in [0.4, 0.5) is 0 Å². The molecule has 1 fully saturated rings. The van der Waals surface area contributed by atoms with Crippen LogP contribution < -0.4 is 5.32 Å². The highest BCUT2D eigenvalue weighted by molar-refractivity contribution is 6.42. The fourth-order valence-electron chi connectivity index (χ4n) is 2.49. The van der Waals surface area contributed by atoms with Crippen molar-refractivity contribution in [1.82, 2.24) is 5.32 Å². The summed E-state index contributed by atoms with van der Waals surface area (Å²) < 4.78 is 5.87. The minimum Gasteiger partial charge on any atom is -0.376 e. The van der Waals surface area contributed by atoms with E-state index in [-0.39, 0.29) is 12.1 Å². The van der Waals surface area contributed by atoms with E-state index in [1.807, 2.05) is 18.2 Å². The molecule has 1 N–H and O–H groups in total. The number of ether oxygens (including phenoxy) is 1. The van der Waals surface area contributed by atoms with Gasteiger partial charge in [0.15, 0.2) is 0 Å². The van der Waals surface area contributed by atoms with E-state index in [0.29, 0.717) is 16.0 Å². The van der Waals surface area contributed by atoms with Crippen molar-refractivity contribution in [3.05, 3.63) is 33.8 Å². The highest BCUT2D eigenvalue weighted by Gasteiger charge is 2.32. The number of rotatable bonds is 4. The third-order valence-corrected chi connectivity index (χ3v) is 4.24. The number of halogens is 2. The predicted octanol–water partition coefficient (Wildman–Crippen LogP) is 4.07. The molecule has 18 heavy (non-hydrogen) atoms. The standard InChI is InChI=1S/C14H19Cl2NO/c1-3-17-13(14-9(2)6-7-18-14)10-4-5-11(15)12(16)8-10/h4-5,8-9,13-14,17H,3,6-7H2,1-2H3. The fourth-order valence-corrected chi connectivity index (χ4v) is 2.80. The van der Waals surface area contributed by atoms with E-state index >= 15 is 0 Å². The Hall–Kier alpha value is -0.280. The lowest BCUT2D eigenvalue weighted by atomic mass is 9.92. The predicted molar refractivity (Wildman–Crippen MR) is 76.4 cm³/mol. The van der Waals surface area contributed by atoms with Gasteiger partial charge in [-0.25, -0.2) is 0 Å². The molecule has 1 aliphatic heterocycles. The van der Waals surface area contributed by atoms with Crippen molar-refractivity contribution in [3.63, 3.8) is 0 Å². The summed E-state index contributed by atoms with van der Waals surface area (Å²) in [6, 6.07) is 5.99. The second-order valence-electron chi connectivity index (χ2n) is 4.81. The maximum Gasteiger partial charge on any atom is 0.0795 e. The average Bonchev–Trinajstić information content (AvgIpc) is 2.76. The van der Waals surface area contributed by atoms with Crippen LogP contribution in [0.5, 0.6) is 0 Å². The largest absolute Gasteiger partial charge is 0.376 e. The van der Waals surface area contributed by atoms with Gasteiger partial charge >= 0.3 is 0 Å². The third kappa shape index (κ3) is 3.00. The van der Waals surface area contributed by atoms with Gasteiger partial charge in [0, 0.05) is 6.61 Å². The first-order valence-electron chi connectivity index (χ1n) is 6.43. The second kappa shape index (κ2) is 6.25. The van der Waals surface area contributed by atoms with Crippen LogP contribution in [0.15, 0.2) is 18.2 Å². The van der Waals surface area contributed by atoms with Crippen LogP contribution >= 0.6 is 23.2 Å². The molecule has 1 aliphatic rings. The molecule has 0 aromatic heterocycles. The monoisotopic (exact) mass is 287 g/mol.